The first-order valence-corrected chi connectivity index (χ1v) is 7.40. The first kappa shape index (κ1) is 13.8. The number of nitrogens with one attached hydrogen (secondary N) is 1. The van der Waals surface area contributed by atoms with Crippen molar-refractivity contribution in [2.24, 2.45) is 17.6 Å². The molecule has 0 bridgehead atoms. The fourth-order valence-corrected chi connectivity index (χ4v) is 3.19. The third-order valence-electron chi connectivity index (χ3n) is 4.34. The van der Waals surface area contributed by atoms with Crippen molar-refractivity contribution < 1.29 is 9.53 Å². The summed E-state index contributed by atoms with van der Waals surface area (Å²) in [5.74, 6) is 0.748. The van der Waals surface area contributed by atoms with E-state index in [1.165, 1.54) is 12.8 Å². The summed E-state index contributed by atoms with van der Waals surface area (Å²) in [7, 11) is 0. The molecule has 3 atom stereocenters. The lowest BCUT2D eigenvalue weighted by molar-refractivity contribution is -0.127. The van der Waals surface area contributed by atoms with Crippen molar-refractivity contribution in [2.75, 3.05) is 19.7 Å². The molecule has 18 heavy (non-hydrogen) atoms. The molecule has 1 amide bonds. The first-order valence-electron chi connectivity index (χ1n) is 7.40. The van der Waals surface area contributed by atoms with Crippen molar-refractivity contribution in [1.82, 2.24) is 5.32 Å². The van der Waals surface area contributed by atoms with Gasteiger partial charge in [0.2, 0.25) is 5.91 Å². The zero-order valence-electron chi connectivity index (χ0n) is 11.2. The average Bonchev–Trinajstić information content (AvgIpc) is 2.91. The molecule has 1 saturated heterocycles. The molecule has 104 valence electrons. The van der Waals surface area contributed by atoms with Gasteiger partial charge >= 0.3 is 0 Å². The standard InChI is InChI=1S/C14H26N2O2/c15-10-11-4-1-2-6-13(11)14(17)16-8-7-12-5-3-9-18-12/h11-13H,1-10,15H2,(H,16,17). The molecule has 0 spiro atoms. The van der Waals surface area contributed by atoms with Crippen LogP contribution in [-0.4, -0.2) is 31.7 Å². The SMILES string of the molecule is NCC1CCCCC1C(=O)NCCC1CCCO1. The van der Waals surface area contributed by atoms with Gasteiger partial charge in [-0.15, -0.1) is 0 Å². The van der Waals surface area contributed by atoms with Crippen molar-refractivity contribution in [3.63, 3.8) is 0 Å². The molecule has 1 aliphatic heterocycles. The molecule has 3 N–H and O–H groups in total. The van der Waals surface area contributed by atoms with Gasteiger partial charge in [-0.2, -0.15) is 0 Å². The highest BCUT2D eigenvalue weighted by Gasteiger charge is 2.29. The lowest BCUT2D eigenvalue weighted by Gasteiger charge is -2.29. The Morgan fingerprint density at radius 1 is 1.22 bits per heavy atom. The van der Waals surface area contributed by atoms with E-state index in [4.69, 9.17) is 10.5 Å². The summed E-state index contributed by atoms with van der Waals surface area (Å²) in [5.41, 5.74) is 5.76. The number of rotatable bonds is 5. The summed E-state index contributed by atoms with van der Waals surface area (Å²) < 4.78 is 5.55. The molecule has 2 fully saturated rings. The predicted octanol–water partition coefficient (Wildman–Crippen LogP) is 1.44. The molecule has 1 aliphatic carbocycles. The Kier molecular flexibility index (Phi) is 5.45. The fraction of sp³-hybridized carbons (Fsp3) is 0.929. The Morgan fingerprint density at radius 3 is 2.78 bits per heavy atom. The molecule has 4 nitrogen and oxygen atoms in total. The molecule has 0 aromatic rings. The minimum absolute atomic E-state index is 0.147. The van der Waals surface area contributed by atoms with Crippen LogP contribution in [0.2, 0.25) is 0 Å². The topological polar surface area (TPSA) is 64.4 Å². The van der Waals surface area contributed by atoms with E-state index in [1.807, 2.05) is 0 Å². The summed E-state index contributed by atoms with van der Waals surface area (Å²) in [6.07, 6.45) is 8.13. The van der Waals surface area contributed by atoms with E-state index in [2.05, 4.69) is 5.32 Å². The largest absolute Gasteiger partial charge is 0.378 e. The summed E-state index contributed by atoms with van der Waals surface area (Å²) in [6.45, 7) is 2.28. The Balaban J connectivity index is 1.69. The molecule has 2 rings (SSSR count). The summed E-state index contributed by atoms with van der Waals surface area (Å²) in [6, 6.07) is 0. The van der Waals surface area contributed by atoms with Crippen LogP contribution >= 0.6 is 0 Å². The van der Waals surface area contributed by atoms with Crippen LogP contribution in [0.3, 0.4) is 0 Å². The molecule has 0 aromatic heterocycles. The van der Waals surface area contributed by atoms with E-state index in [0.717, 1.165) is 45.3 Å². The molecule has 2 aliphatic rings. The summed E-state index contributed by atoms with van der Waals surface area (Å²) in [4.78, 5) is 12.1. The molecule has 3 unspecified atom stereocenters. The van der Waals surface area contributed by atoms with Gasteiger partial charge in [0.15, 0.2) is 0 Å². The molecule has 1 heterocycles. The monoisotopic (exact) mass is 254 g/mol. The molecular weight excluding hydrogens is 228 g/mol. The molecule has 1 saturated carbocycles. The molecule has 0 aromatic carbocycles. The summed E-state index contributed by atoms with van der Waals surface area (Å²) >= 11 is 0. The van der Waals surface area contributed by atoms with Gasteiger partial charge in [-0.05, 0) is 44.6 Å². The molecular formula is C14H26N2O2. The van der Waals surface area contributed by atoms with Crippen LogP contribution in [-0.2, 0) is 9.53 Å². The van der Waals surface area contributed by atoms with Gasteiger partial charge in [-0.3, -0.25) is 4.79 Å². The maximum Gasteiger partial charge on any atom is 0.223 e. The average molecular weight is 254 g/mol. The van der Waals surface area contributed by atoms with Crippen LogP contribution in [0.4, 0.5) is 0 Å². The number of carbonyl (C=O) groups excluding carboxylic acids is 1. The maximum atomic E-state index is 12.1. The highest BCUT2D eigenvalue weighted by Crippen LogP contribution is 2.29. The second kappa shape index (κ2) is 7.10. The number of nitrogens with two attached hydrogens (primary N) is 1. The van der Waals surface area contributed by atoms with Gasteiger partial charge in [-0.25, -0.2) is 0 Å². The number of carbonyl (C=O) groups is 1. The van der Waals surface area contributed by atoms with E-state index in [0.29, 0.717) is 18.6 Å². The second-order valence-electron chi connectivity index (χ2n) is 5.60. The summed E-state index contributed by atoms with van der Waals surface area (Å²) in [5, 5.41) is 3.07. The van der Waals surface area contributed by atoms with E-state index in [-0.39, 0.29) is 11.8 Å². The predicted molar refractivity (Wildman–Crippen MR) is 71.1 cm³/mol. The van der Waals surface area contributed by atoms with Crippen molar-refractivity contribution in [3.8, 4) is 0 Å². The number of hydrogen-bond acceptors (Lipinski definition) is 3. The third kappa shape index (κ3) is 3.69. The highest BCUT2D eigenvalue weighted by molar-refractivity contribution is 5.79. The van der Waals surface area contributed by atoms with E-state index in [9.17, 15) is 4.79 Å². The minimum atomic E-state index is 0.147. The van der Waals surface area contributed by atoms with Crippen LogP contribution in [0, 0.1) is 11.8 Å². The van der Waals surface area contributed by atoms with Crippen LogP contribution in [0.25, 0.3) is 0 Å². The van der Waals surface area contributed by atoms with Crippen LogP contribution in [0.15, 0.2) is 0 Å². The second-order valence-corrected chi connectivity index (χ2v) is 5.60. The van der Waals surface area contributed by atoms with Gasteiger partial charge in [0.1, 0.15) is 0 Å². The van der Waals surface area contributed by atoms with Crippen molar-refractivity contribution in [1.29, 1.82) is 0 Å². The minimum Gasteiger partial charge on any atom is -0.378 e. The lowest BCUT2D eigenvalue weighted by atomic mass is 9.79. The zero-order valence-corrected chi connectivity index (χ0v) is 11.2. The molecule has 4 heteroatoms. The zero-order chi connectivity index (χ0) is 12.8. The lowest BCUT2D eigenvalue weighted by Crippen LogP contribution is -2.40. The van der Waals surface area contributed by atoms with Gasteiger partial charge in [0.05, 0.1) is 6.10 Å². The normalized spacial score (nSPS) is 32.4. The number of hydrogen-bond donors (Lipinski definition) is 2. The number of amides is 1. The van der Waals surface area contributed by atoms with E-state index in [1.54, 1.807) is 0 Å². The Bertz CT molecular complexity index is 265. The smallest absolute Gasteiger partial charge is 0.223 e. The van der Waals surface area contributed by atoms with Crippen molar-refractivity contribution in [2.45, 2.75) is 51.0 Å². The highest BCUT2D eigenvalue weighted by atomic mass is 16.5. The number of ether oxygens (including phenoxy) is 1. The Labute approximate surface area is 110 Å². The van der Waals surface area contributed by atoms with E-state index < -0.39 is 0 Å². The van der Waals surface area contributed by atoms with Gasteiger partial charge < -0.3 is 15.8 Å². The maximum absolute atomic E-state index is 12.1. The van der Waals surface area contributed by atoms with Gasteiger partial charge in [0, 0.05) is 19.1 Å². The van der Waals surface area contributed by atoms with Crippen LogP contribution < -0.4 is 11.1 Å². The van der Waals surface area contributed by atoms with Gasteiger partial charge in [-0.1, -0.05) is 12.8 Å². The van der Waals surface area contributed by atoms with Crippen LogP contribution in [0.1, 0.15) is 44.9 Å². The Morgan fingerprint density at radius 2 is 2.06 bits per heavy atom. The first-order chi connectivity index (χ1) is 8.81. The fourth-order valence-electron chi connectivity index (χ4n) is 3.19. The van der Waals surface area contributed by atoms with E-state index >= 15 is 0 Å². The third-order valence-corrected chi connectivity index (χ3v) is 4.34. The quantitative estimate of drug-likeness (QED) is 0.780. The van der Waals surface area contributed by atoms with Crippen LogP contribution in [0.5, 0.6) is 0 Å². The van der Waals surface area contributed by atoms with Crippen molar-refractivity contribution >= 4 is 5.91 Å². The van der Waals surface area contributed by atoms with Gasteiger partial charge in [0.25, 0.3) is 0 Å². The molecule has 0 radical (unpaired) electrons. The van der Waals surface area contributed by atoms with Crippen molar-refractivity contribution in [3.05, 3.63) is 0 Å². The Hall–Kier alpha value is -0.610.